The minimum absolute atomic E-state index is 0.144. The molecule has 24 heavy (non-hydrogen) atoms. The Morgan fingerprint density at radius 3 is 2.67 bits per heavy atom. The van der Waals surface area contributed by atoms with Crippen LogP contribution in [0.1, 0.15) is 24.8 Å². The number of rotatable bonds is 7. The standard InChI is InChI=1S/C17H26N2O4S/c1-23-16-9-7-14(8-10-16)5-6-15-4-3-11-19(13-15)17(20)12-18-24(2,21)22/h7-10,15,18H,3-6,11-13H2,1-2H3. The molecule has 1 unspecified atom stereocenters. The molecule has 0 spiro atoms. The van der Waals surface area contributed by atoms with Gasteiger partial charge in [0.1, 0.15) is 5.75 Å². The molecule has 1 amide bonds. The van der Waals surface area contributed by atoms with Crippen molar-refractivity contribution < 1.29 is 17.9 Å². The minimum atomic E-state index is -3.33. The quantitative estimate of drug-likeness (QED) is 0.803. The van der Waals surface area contributed by atoms with Gasteiger partial charge in [0.25, 0.3) is 0 Å². The van der Waals surface area contributed by atoms with Gasteiger partial charge in [-0.3, -0.25) is 4.79 Å². The molecule has 0 radical (unpaired) electrons. The number of benzene rings is 1. The third-order valence-electron chi connectivity index (χ3n) is 4.36. The lowest BCUT2D eigenvalue weighted by Gasteiger charge is -2.33. The molecule has 1 aromatic carbocycles. The van der Waals surface area contributed by atoms with Crippen molar-refractivity contribution in [1.82, 2.24) is 9.62 Å². The molecular formula is C17H26N2O4S. The fourth-order valence-electron chi connectivity index (χ4n) is 2.99. The van der Waals surface area contributed by atoms with Crippen molar-refractivity contribution >= 4 is 15.9 Å². The molecule has 1 aromatic rings. The van der Waals surface area contributed by atoms with Gasteiger partial charge < -0.3 is 9.64 Å². The second-order valence-electron chi connectivity index (χ2n) is 6.33. The van der Waals surface area contributed by atoms with Crippen LogP contribution in [-0.2, 0) is 21.2 Å². The first-order valence-electron chi connectivity index (χ1n) is 8.23. The maximum absolute atomic E-state index is 12.1. The van der Waals surface area contributed by atoms with Crippen molar-refractivity contribution in [3.63, 3.8) is 0 Å². The number of ether oxygens (including phenoxy) is 1. The van der Waals surface area contributed by atoms with Crippen LogP contribution < -0.4 is 9.46 Å². The van der Waals surface area contributed by atoms with E-state index in [-0.39, 0.29) is 12.5 Å². The molecule has 1 atom stereocenters. The van der Waals surface area contributed by atoms with Crippen LogP contribution in [0.5, 0.6) is 5.75 Å². The molecule has 1 heterocycles. The third-order valence-corrected chi connectivity index (χ3v) is 5.03. The van der Waals surface area contributed by atoms with Gasteiger partial charge in [-0.1, -0.05) is 12.1 Å². The van der Waals surface area contributed by atoms with Gasteiger partial charge in [0, 0.05) is 13.1 Å². The number of carbonyl (C=O) groups is 1. The molecule has 0 aliphatic carbocycles. The Kier molecular flexibility index (Phi) is 6.62. The molecule has 6 nitrogen and oxygen atoms in total. The summed E-state index contributed by atoms with van der Waals surface area (Å²) in [5.41, 5.74) is 1.26. The first-order chi connectivity index (χ1) is 11.4. The van der Waals surface area contributed by atoms with E-state index in [4.69, 9.17) is 4.74 Å². The second kappa shape index (κ2) is 8.48. The van der Waals surface area contributed by atoms with Crippen LogP contribution in [0.15, 0.2) is 24.3 Å². The minimum Gasteiger partial charge on any atom is -0.497 e. The Labute approximate surface area is 144 Å². The van der Waals surface area contributed by atoms with E-state index >= 15 is 0 Å². The number of piperidine rings is 1. The van der Waals surface area contributed by atoms with Gasteiger partial charge in [-0.25, -0.2) is 13.1 Å². The molecule has 134 valence electrons. The van der Waals surface area contributed by atoms with Gasteiger partial charge in [-0.2, -0.15) is 0 Å². The zero-order valence-corrected chi connectivity index (χ0v) is 15.1. The van der Waals surface area contributed by atoms with Crippen LogP contribution in [-0.4, -0.2) is 52.2 Å². The number of sulfonamides is 1. The number of amides is 1. The average molecular weight is 354 g/mol. The predicted molar refractivity (Wildman–Crippen MR) is 93.5 cm³/mol. The van der Waals surface area contributed by atoms with E-state index in [0.29, 0.717) is 19.0 Å². The average Bonchev–Trinajstić information content (AvgIpc) is 2.58. The van der Waals surface area contributed by atoms with E-state index in [1.54, 1.807) is 12.0 Å². The van der Waals surface area contributed by atoms with Crippen molar-refractivity contribution in [2.75, 3.05) is 33.0 Å². The van der Waals surface area contributed by atoms with Crippen molar-refractivity contribution in [2.24, 2.45) is 5.92 Å². The molecule has 1 fully saturated rings. The first kappa shape index (κ1) is 18.7. The zero-order chi connectivity index (χ0) is 17.6. The van der Waals surface area contributed by atoms with Crippen LogP contribution in [0, 0.1) is 5.92 Å². The summed E-state index contributed by atoms with van der Waals surface area (Å²) in [6.07, 6.45) is 5.14. The highest BCUT2D eigenvalue weighted by Crippen LogP contribution is 2.22. The van der Waals surface area contributed by atoms with Crippen LogP contribution in [0.25, 0.3) is 0 Å². The Morgan fingerprint density at radius 1 is 1.33 bits per heavy atom. The third kappa shape index (κ3) is 6.13. The predicted octanol–water partition coefficient (Wildman–Crippen LogP) is 1.42. The van der Waals surface area contributed by atoms with Crippen LogP contribution in [0.2, 0.25) is 0 Å². The summed E-state index contributed by atoms with van der Waals surface area (Å²) in [5.74, 6) is 1.17. The summed E-state index contributed by atoms with van der Waals surface area (Å²) in [5, 5.41) is 0. The number of likely N-dealkylation sites (tertiary alicyclic amines) is 1. The molecular weight excluding hydrogens is 328 g/mol. The number of nitrogens with one attached hydrogen (secondary N) is 1. The highest BCUT2D eigenvalue weighted by atomic mass is 32.2. The van der Waals surface area contributed by atoms with Crippen molar-refractivity contribution in [2.45, 2.75) is 25.7 Å². The zero-order valence-electron chi connectivity index (χ0n) is 14.3. The lowest BCUT2D eigenvalue weighted by atomic mass is 9.91. The molecule has 0 saturated carbocycles. The lowest BCUT2D eigenvalue weighted by molar-refractivity contribution is -0.131. The highest BCUT2D eigenvalue weighted by molar-refractivity contribution is 7.88. The van der Waals surface area contributed by atoms with E-state index in [1.165, 1.54) is 5.56 Å². The topological polar surface area (TPSA) is 75.7 Å². The fourth-order valence-corrected chi connectivity index (χ4v) is 3.38. The molecule has 0 bridgehead atoms. The molecule has 1 aliphatic heterocycles. The van der Waals surface area contributed by atoms with Gasteiger partial charge >= 0.3 is 0 Å². The van der Waals surface area contributed by atoms with Gasteiger partial charge in [-0.05, 0) is 49.3 Å². The number of hydrogen-bond acceptors (Lipinski definition) is 4. The van der Waals surface area contributed by atoms with E-state index < -0.39 is 10.0 Å². The Hall–Kier alpha value is -1.60. The summed E-state index contributed by atoms with van der Waals surface area (Å²) in [6, 6.07) is 8.06. The molecule has 1 saturated heterocycles. The lowest BCUT2D eigenvalue weighted by Crippen LogP contribution is -2.44. The summed E-state index contributed by atoms with van der Waals surface area (Å²) >= 11 is 0. The van der Waals surface area contributed by atoms with E-state index in [0.717, 1.165) is 37.7 Å². The number of methoxy groups -OCH3 is 1. The second-order valence-corrected chi connectivity index (χ2v) is 8.16. The van der Waals surface area contributed by atoms with E-state index in [2.05, 4.69) is 16.9 Å². The highest BCUT2D eigenvalue weighted by Gasteiger charge is 2.23. The van der Waals surface area contributed by atoms with Crippen molar-refractivity contribution in [3.8, 4) is 5.75 Å². The Balaban J connectivity index is 1.80. The van der Waals surface area contributed by atoms with Crippen LogP contribution in [0.3, 0.4) is 0 Å². The first-order valence-corrected chi connectivity index (χ1v) is 10.1. The summed E-state index contributed by atoms with van der Waals surface area (Å²) in [7, 11) is -1.68. The normalized spacial score (nSPS) is 18.4. The van der Waals surface area contributed by atoms with Crippen molar-refractivity contribution in [1.29, 1.82) is 0 Å². The van der Waals surface area contributed by atoms with Gasteiger partial charge in [0.15, 0.2) is 0 Å². The summed E-state index contributed by atoms with van der Waals surface area (Å²) in [4.78, 5) is 13.9. The number of hydrogen-bond donors (Lipinski definition) is 1. The van der Waals surface area contributed by atoms with Crippen LogP contribution >= 0.6 is 0 Å². The molecule has 1 aliphatic rings. The molecule has 0 aromatic heterocycles. The molecule has 2 rings (SSSR count). The van der Waals surface area contributed by atoms with E-state index in [1.807, 2.05) is 12.1 Å². The van der Waals surface area contributed by atoms with Gasteiger partial charge in [0.2, 0.25) is 15.9 Å². The summed E-state index contributed by atoms with van der Waals surface area (Å²) < 4.78 is 29.6. The molecule has 1 N–H and O–H groups in total. The van der Waals surface area contributed by atoms with E-state index in [9.17, 15) is 13.2 Å². The van der Waals surface area contributed by atoms with Crippen molar-refractivity contribution in [3.05, 3.63) is 29.8 Å². The molecule has 7 heteroatoms. The maximum Gasteiger partial charge on any atom is 0.237 e. The van der Waals surface area contributed by atoms with Crippen LogP contribution in [0.4, 0.5) is 0 Å². The number of carbonyl (C=O) groups excluding carboxylic acids is 1. The Bertz CT molecular complexity index is 643. The Morgan fingerprint density at radius 2 is 2.04 bits per heavy atom. The number of aryl methyl sites for hydroxylation is 1. The van der Waals surface area contributed by atoms with Gasteiger partial charge in [0.05, 0.1) is 19.9 Å². The smallest absolute Gasteiger partial charge is 0.237 e. The van der Waals surface area contributed by atoms with Gasteiger partial charge in [-0.15, -0.1) is 0 Å². The SMILES string of the molecule is COc1ccc(CCC2CCCN(C(=O)CNS(C)(=O)=O)C2)cc1. The fraction of sp³-hybridized carbons (Fsp3) is 0.588. The maximum atomic E-state index is 12.1. The monoisotopic (exact) mass is 354 g/mol. The number of nitrogens with zero attached hydrogens (tertiary/aromatic N) is 1. The summed E-state index contributed by atoms with van der Waals surface area (Å²) in [6.45, 7) is 1.27. The largest absolute Gasteiger partial charge is 0.497 e.